The van der Waals surface area contributed by atoms with Crippen LogP contribution in [0, 0.1) is 0 Å². The van der Waals surface area contributed by atoms with Gasteiger partial charge in [0.1, 0.15) is 0 Å². The van der Waals surface area contributed by atoms with Crippen LogP contribution in [0.2, 0.25) is 19.6 Å². The van der Waals surface area contributed by atoms with E-state index in [2.05, 4.69) is 218 Å². The van der Waals surface area contributed by atoms with E-state index >= 15 is 0 Å². The normalized spacial score (nSPS) is 11.5. The molecule has 0 aliphatic heterocycles. The third-order valence-corrected chi connectivity index (χ3v) is 12.7. The molecule has 270 valence electrons. The Morgan fingerprint density at radius 2 is 0.927 bits per heavy atom. The molecule has 0 aliphatic carbocycles. The Balaban J connectivity index is 1.23. The van der Waals surface area contributed by atoms with E-state index in [0.717, 1.165) is 53.3 Å². The molecule has 0 aromatic heterocycles. The lowest BCUT2D eigenvalue weighted by Crippen LogP contribution is -2.37. The molecular weight excluding hydrogens is 681 g/mol. The second kappa shape index (κ2) is 15.7. The molecule has 0 radical (unpaired) electrons. The van der Waals surface area contributed by atoms with E-state index in [4.69, 9.17) is 0 Å². The summed E-state index contributed by atoms with van der Waals surface area (Å²) in [6.45, 7) is 11.1. The minimum absolute atomic E-state index is 1.03. The van der Waals surface area contributed by atoms with Gasteiger partial charge in [0.05, 0.1) is 19.4 Å². The third kappa shape index (κ3) is 7.62. The van der Waals surface area contributed by atoms with Crippen LogP contribution in [-0.4, -0.2) is 8.07 Å². The molecule has 0 bridgehead atoms. The largest absolute Gasteiger partial charge is 0.310 e. The number of benzene rings is 8. The quantitative estimate of drug-likeness (QED) is 0.0702. The fraction of sp³-hybridized carbons (Fsp3) is 0.115. The molecule has 8 aromatic carbocycles. The van der Waals surface area contributed by atoms with Crippen LogP contribution in [0.15, 0.2) is 195 Å². The Morgan fingerprint density at radius 1 is 0.473 bits per heavy atom. The van der Waals surface area contributed by atoms with Crippen molar-refractivity contribution in [2.75, 3.05) is 9.80 Å². The van der Waals surface area contributed by atoms with Crippen LogP contribution >= 0.6 is 0 Å². The van der Waals surface area contributed by atoms with Crippen molar-refractivity contribution in [3.05, 3.63) is 200 Å². The maximum absolute atomic E-state index is 3.90. The summed E-state index contributed by atoms with van der Waals surface area (Å²) in [4.78, 5) is 4.83. The summed E-state index contributed by atoms with van der Waals surface area (Å²) in [6.07, 6.45) is 5.19. The van der Waals surface area contributed by atoms with Gasteiger partial charge in [0, 0.05) is 33.5 Å². The number of unbranched alkanes of at least 4 members (excludes halogenated alkanes) is 1. The molecule has 0 fully saturated rings. The van der Waals surface area contributed by atoms with E-state index in [1.807, 2.05) is 6.08 Å². The molecule has 3 heteroatoms. The van der Waals surface area contributed by atoms with Crippen LogP contribution < -0.4 is 15.0 Å². The Kier molecular flexibility index (Phi) is 10.2. The standard InChI is InChI=1S/C52H48N2Si/c1-5-6-7-16-39-29-31-44(32-30-39)53(51-27-14-19-40-17-8-10-25-49(40)51)46-23-12-21-42(37-46)43-22-13-24-47(38-43)54(45-33-35-48(36-34-45)55(2,3)4)52-28-15-20-41-18-9-11-26-50(41)52/h5,8-15,17-38H,1,6-7,16H2,2-4H3. The fourth-order valence-electron chi connectivity index (χ4n) is 7.68. The summed E-state index contributed by atoms with van der Waals surface area (Å²) in [6, 6.07) is 67.0. The molecule has 8 rings (SSSR count). The number of aryl methyl sites for hydroxylation is 1. The molecule has 0 aliphatic rings. The first-order valence-corrected chi connectivity index (χ1v) is 22.9. The van der Waals surface area contributed by atoms with E-state index < -0.39 is 8.07 Å². The number of fused-ring (bicyclic) bond motifs is 2. The molecule has 55 heavy (non-hydrogen) atoms. The Labute approximate surface area is 327 Å². The maximum Gasteiger partial charge on any atom is 0.0775 e. The zero-order valence-corrected chi connectivity index (χ0v) is 33.1. The number of hydrogen-bond acceptors (Lipinski definition) is 2. The number of anilines is 6. The van der Waals surface area contributed by atoms with E-state index in [0.29, 0.717) is 0 Å². The van der Waals surface area contributed by atoms with Gasteiger partial charge in [0.2, 0.25) is 0 Å². The molecule has 0 amide bonds. The zero-order chi connectivity index (χ0) is 37.8. The lowest BCUT2D eigenvalue weighted by molar-refractivity contribution is 0.844. The van der Waals surface area contributed by atoms with E-state index in [-0.39, 0.29) is 0 Å². The first-order chi connectivity index (χ1) is 26.9. The van der Waals surface area contributed by atoms with Crippen molar-refractivity contribution in [3.8, 4) is 11.1 Å². The summed E-state index contributed by atoms with van der Waals surface area (Å²) >= 11 is 0. The smallest absolute Gasteiger partial charge is 0.0775 e. The second-order valence-electron chi connectivity index (χ2n) is 15.4. The Hall–Kier alpha value is -6.16. The first-order valence-electron chi connectivity index (χ1n) is 19.4. The third-order valence-electron chi connectivity index (χ3n) is 10.6. The Bertz CT molecular complexity index is 2570. The highest BCUT2D eigenvalue weighted by atomic mass is 28.3. The summed E-state index contributed by atoms with van der Waals surface area (Å²) in [5, 5.41) is 6.35. The summed E-state index contributed by atoms with van der Waals surface area (Å²) < 4.78 is 0. The summed E-state index contributed by atoms with van der Waals surface area (Å²) in [7, 11) is -1.46. The van der Waals surface area contributed by atoms with Crippen LogP contribution in [0.1, 0.15) is 18.4 Å². The number of nitrogens with zero attached hydrogens (tertiary/aromatic N) is 2. The van der Waals surface area contributed by atoms with Crippen molar-refractivity contribution in [1.29, 1.82) is 0 Å². The minimum Gasteiger partial charge on any atom is -0.310 e. The van der Waals surface area contributed by atoms with Crippen molar-refractivity contribution in [3.63, 3.8) is 0 Å². The monoisotopic (exact) mass is 728 g/mol. The zero-order valence-electron chi connectivity index (χ0n) is 32.1. The van der Waals surface area contributed by atoms with Crippen LogP contribution in [0.4, 0.5) is 34.1 Å². The van der Waals surface area contributed by atoms with Gasteiger partial charge in [0.15, 0.2) is 0 Å². The van der Waals surface area contributed by atoms with Crippen LogP contribution in [0.25, 0.3) is 32.7 Å². The van der Waals surface area contributed by atoms with Crippen molar-refractivity contribution in [2.24, 2.45) is 0 Å². The summed E-state index contributed by atoms with van der Waals surface area (Å²) in [5.41, 5.74) is 10.5. The molecule has 0 spiro atoms. The lowest BCUT2D eigenvalue weighted by atomic mass is 10.0. The van der Waals surface area contributed by atoms with Crippen LogP contribution in [0.3, 0.4) is 0 Å². The van der Waals surface area contributed by atoms with Crippen molar-refractivity contribution < 1.29 is 0 Å². The minimum atomic E-state index is -1.46. The molecule has 0 saturated carbocycles. The SMILES string of the molecule is C=CCCCc1ccc(N(c2cccc(-c3cccc(N(c4ccc([Si](C)(C)C)cc4)c4cccc5ccccc45)c3)c2)c2cccc3ccccc23)cc1. The van der Waals surface area contributed by atoms with Crippen molar-refractivity contribution >= 4 is 68.9 Å². The molecule has 8 aromatic rings. The predicted octanol–water partition coefficient (Wildman–Crippen LogP) is 14.7. The average Bonchev–Trinajstić information content (AvgIpc) is 3.22. The van der Waals surface area contributed by atoms with E-state index in [1.54, 1.807) is 0 Å². The number of rotatable bonds is 12. The predicted molar refractivity (Wildman–Crippen MR) is 242 cm³/mol. The summed E-state index contributed by atoms with van der Waals surface area (Å²) in [5.74, 6) is 0. The van der Waals surface area contributed by atoms with Crippen molar-refractivity contribution in [1.82, 2.24) is 0 Å². The molecule has 0 N–H and O–H groups in total. The number of hydrogen-bond donors (Lipinski definition) is 0. The van der Waals surface area contributed by atoms with Gasteiger partial charge in [-0.3, -0.25) is 0 Å². The van der Waals surface area contributed by atoms with Gasteiger partial charge in [-0.2, -0.15) is 0 Å². The molecule has 2 nitrogen and oxygen atoms in total. The highest BCUT2D eigenvalue weighted by Crippen LogP contribution is 2.42. The second-order valence-corrected chi connectivity index (χ2v) is 20.5. The lowest BCUT2D eigenvalue weighted by Gasteiger charge is -2.29. The number of allylic oxidation sites excluding steroid dienone is 1. The molecule has 0 saturated heterocycles. The van der Waals surface area contributed by atoms with Crippen LogP contribution in [-0.2, 0) is 6.42 Å². The molecular formula is C52H48N2Si. The maximum atomic E-state index is 3.90. The van der Waals surface area contributed by atoms with Gasteiger partial charge >= 0.3 is 0 Å². The van der Waals surface area contributed by atoms with Crippen LogP contribution in [0.5, 0.6) is 0 Å². The Morgan fingerprint density at radius 3 is 1.42 bits per heavy atom. The topological polar surface area (TPSA) is 6.48 Å². The van der Waals surface area contributed by atoms with Gasteiger partial charge in [0.25, 0.3) is 0 Å². The highest BCUT2D eigenvalue weighted by molar-refractivity contribution is 6.88. The average molecular weight is 729 g/mol. The van der Waals surface area contributed by atoms with E-state index in [9.17, 15) is 0 Å². The van der Waals surface area contributed by atoms with Gasteiger partial charge in [-0.25, -0.2) is 0 Å². The van der Waals surface area contributed by atoms with Crippen molar-refractivity contribution in [2.45, 2.75) is 38.9 Å². The molecule has 0 unspecified atom stereocenters. The highest BCUT2D eigenvalue weighted by Gasteiger charge is 2.20. The van der Waals surface area contributed by atoms with E-state index in [1.165, 1.54) is 43.5 Å². The molecule has 0 atom stereocenters. The van der Waals surface area contributed by atoms with Gasteiger partial charge in [-0.15, -0.1) is 6.58 Å². The first kappa shape index (κ1) is 35.8. The molecule has 0 heterocycles. The van der Waals surface area contributed by atoms with Gasteiger partial charge < -0.3 is 9.80 Å². The van der Waals surface area contributed by atoms with Gasteiger partial charge in [-0.1, -0.05) is 152 Å². The fourth-order valence-corrected chi connectivity index (χ4v) is 8.85. The van der Waals surface area contributed by atoms with Gasteiger partial charge in [-0.05, 0) is 107 Å².